The second-order valence-electron chi connectivity index (χ2n) is 14.0. The van der Waals surface area contributed by atoms with Crippen molar-refractivity contribution in [2.45, 2.75) is 207 Å². The Kier molecular flexibility index (Phi) is 50.9. The van der Waals surface area contributed by atoms with Crippen LogP contribution in [0.4, 0.5) is 0 Å². The van der Waals surface area contributed by atoms with Gasteiger partial charge in [0.05, 0.1) is 12.7 Å². The van der Waals surface area contributed by atoms with Gasteiger partial charge in [0, 0.05) is 13.2 Å². The average molecular weight is 673 g/mol. The van der Waals surface area contributed by atoms with Crippen molar-refractivity contribution in [1.82, 2.24) is 4.90 Å². The summed E-state index contributed by atoms with van der Waals surface area (Å²) in [4.78, 5) is 2.00. The van der Waals surface area contributed by atoms with Crippen molar-refractivity contribution >= 4 is 12.4 Å². The zero-order valence-electron chi connectivity index (χ0n) is 32.5. The summed E-state index contributed by atoms with van der Waals surface area (Å²) in [5, 5.41) is 0. The van der Waals surface area contributed by atoms with Crippen molar-refractivity contribution in [3.8, 4) is 0 Å². The lowest BCUT2D eigenvalue weighted by atomic mass is 10.1. The molecule has 0 fully saturated rings. The third kappa shape index (κ3) is 53.2. The van der Waals surface area contributed by atoms with E-state index in [1.807, 2.05) is 26.0 Å². The van der Waals surface area contributed by atoms with Gasteiger partial charge in [0.2, 0.25) is 0 Å². The Balaban J connectivity index is -0.00000347. The summed E-state index contributed by atoms with van der Waals surface area (Å²) >= 11 is 0. The highest BCUT2D eigenvalue weighted by molar-refractivity contribution is 5.85. The van der Waals surface area contributed by atoms with Crippen molar-refractivity contribution in [3.05, 3.63) is 24.3 Å². The second-order valence-corrected chi connectivity index (χ2v) is 14.0. The molecule has 0 bridgehead atoms. The SMILES string of the molecule is CCCCCCCC/C=C\CCCCCCCCOCC(C)OCCCCCCCC/C=C\CCCCCCCC.CN(C)C.Cl. The van der Waals surface area contributed by atoms with Gasteiger partial charge in [0.25, 0.3) is 0 Å². The van der Waals surface area contributed by atoms with Gasteiger partial charge in [-0.05, 0) is 92.3 Å². The third-order valence-electron chi connectivity index (χ3n) is 8.21. The van der Waals surface area contributed by atoms with E-state index in [1.165, 1.54) is 180 Å². The Morgan fingerprint density at radius 1 is 0.435 bits per heavy atom. The number of unbranched alkanes of at least 4 members (excludes halogenated alkanes) is 24. The van der Waals surface area contributed by atoms with Crippen LogP contribution in [0.15, 0.2) is 24.3 Å². The molecule has 0 saturated carbocycles. The van der Waals surface area contributed by atoms with Gasteiger partial charge in [-0.25, -0.2) is 0 Å². The molecule has 0 aromatic heterocycles. The molecule has 0 radical (unpaired) electrons. The van der Waals surface area contributed by atoms with E-state index < -0.39 is 0 Å². The summed E-state index contributed by atoms with van der Waals surface area (Å²) in [6, 6.07) is 0. The number of hydrogen-bond acceptors (Lipinski definition) is 3. The molecule has 0 aliphatic heterocycles. The summed E-state index contributed by atoms with van der Waals surface area (Å²) < 4.78 is 11.8. The predicted molar refractivity (Wildman–Crippen MR) is 212 cm³/mol. The van der Waals surface area contributed by atoms with Crippen LogP contribution >= 0.6 is 12.4 Å². The van der Waals surface area contributed by atoms with Crippen LogP contribution in [-0.4, -0.2) is 52.0 Å². The lowest BCUT2D eigenvalue weighted by molar-refractivity contribution is -0.00869. The van der Waals surface area contributed by atoms with Crippen molar-refractivity contribution in [1.29, 1.82) is 0 Å². The molecule has 3 nitrogen and oxygen atoms in total. The molecule has 0 aromatic carbocycles. The first-order valence-electron chi connectivity index (χ1n) is 20.1. The van der Waals surface area contributed by atoms with Crippen LogP contribution in [0.5, 0.6) is 0 Å². The molecule has 0 aliphatic rings. The highest BCUT2D eigenvalue weighted by Crippen LogP contribution is 2.12. The predicted octanol–water partition coefficient (Wildman–Crippen LogP) is 14.1. The van der Waals surface area contributed by atoms with E-state index in [-0.39, 0.29) is 18.5 Å². The van der Waals surface area contributed by atoms with E-state index in [4.69, 9.17) is 9.47 Å². The molecule has 0 heterocycles. The maximum absolute atomic E-state index is 5.95. The molecule has 1 atom stereocenters. The number of rotatable bonds is 35. The Morgan fingerprint density at radius 3 is 1.07 bits per heavy atom. The van der Waals surface area contributed by atoms with Gasteiger partial charge in [-0.3, -0.25) is 0 Å². The molecule has 0 rings (SSSR count). The van der Waals surface area contributed by atoms with Gasteiger partial charge < -0.3 is 14.4 Å². The zero-order chi connectivity index (χ0) is 33.3. The first-order chi connectivity index (χ1) is 22.0. The summed E-state index contributed by atoms with van der Waals surface area (Å²) in [5.74, 6) is 0. The molecule has 0 aromatic rings. The molecule has 46 heavy (non-hydrogen) atoms. The number of halogens is 1. The van der Waals surface area contributed by atoms with E-state index in [2.05, 4.69) is 45.1 Å². The van der Waals surface area contributed by atoms with Crippen molar-refractivity contribution < 1.29 is 9.47 Å². The van der Waals surface area contributed by atoms with Gasteiger partial charge in [-0.2, -0.15) is 0 Å². The van der Waals surface area contributed by atoms with Crippen LogP contribution in [0, 0.1) is 0 Å². The summed E-state index contributed by atoms with van der Waals surface area (Å²) in [7, 11) is 6.00. The van der Waals surface area contributed by atoms with Crippen LogP contribution in [-0.2, 0) is 9.47 Å². The molecular weight excluding hydrogens is 586 g/mol. The normalized spacial score (nSPS) is 12.2. The Hall–Kier alpha value is -0.350. The summed E-state index contributed by atoms with van der Waals surface area (Å²) in [5.41, 5.74) is 0. The van der Waals surface area contributed by atoms with Crippen molar-refractivity contribution in [2.75, 3.05) is 41.0 Å². The van der Waals surface area contributed by atoms with E-state index in [1.54, 1.807) is 0 Å². The fraction of sp³-hybridized carbons (Fsp3) is 0.905. The fourth-order valence-corrected chi connectivity index (χ4v) is 5.38. The smallest absolute Gasteiger partial charge is 0.0780 e. The number of nitrogens with zero attached hydrogens (tertiary/aromatic N) is 1. The molecule has 0 saturated heterocycles. The van der Waals surface area contributed by atoms with Gasteiger partial charge in [0.1, 0.15) is 0 Å². The maximum Gasteiger partial charge on any atom is 0.0780 e. The molecule has 4 heteroatoms. The van der Waals surface area contributed by atoms with Crippen LogP contribution in [0.3, 0.4) is 0 Å². The minimum Gasteiger partial charge on any atom is -0.379 e. The van der Waals surface area contributed by atoms with Crippen molar-refractivity contribution in [3.63, 3.8) is 0 Å². The lowest BCUT2D eigenvalue weighted by Gasteiger charge is -2.13. The van der Waals surface area contributed by atoms with Crippen LogP contribution < -0.4 is 0 Å². The van der Waals surface area contributed by atoms with E-state index in [0.717, 1.165) is 19.8 Å². The van der Waals surface area contributed by atoms with E-state index >= 15 is 0 Å². The number of allylic oxidation sites excluding steroid dienone is 4. The molecule has 278 valence electrons. The molecule has 0 N–H and O–H groups in total. The van der Waals surface area contributed by atoms with Crippen LogP contribution in [0.1, 0.15) is 201 Å². The molecule has 0 aliphatic carbocycles. The highest BCUT2D eigenvalue weighted by atomic mass is 35.5. The van der Waals surface area contributed by atoms with E-state index in [9.17, 15) is 0 Å². The Labute approximate surface area is 297 Å². The minimum atomic E-state index is 0. The summed E-state index contributed by atoms with van der Waals surface area (Å²) in [6.07, 6.45) is 47.8. The van der Waals surface area contributed by atoms with Gasteiger partial charge in [-0.15, -0.1) is 12.4 Å². The number of ether oxygens (including phenoxy) is 2. The fourth-order valence-electron chi connectivity index (χ4n) is 5.38. The van der Waals surface area contributed by atoms with Crippen LogP contribution in [0.2, 0.25) is 0 Å². The summed E-state index contributed by atoms with van der Waals surface area (Å²) in [6.45, 7) is 9.26. The Morgan fingerprint density at radius 2 is 0.717 bits per heavy atom. The minimum absolute atomic E-state index is 0. The quantitative estimate of drug-likeness (QED) is 0.0494. The first-order valence-corrected chi connectivity index (χ1v) is 20.1. The second kappa shape index (κ2) is 46.8. The highest BCUT2D eigenvalue weighted by Gasteiger charge is 2.02. The standard InChI is InChI=1S/C39H76O2.C3H9N.ClH/c1-4-6-8-10-12-14-16-18-20-22-24-26-28-30-32-34-36-40-38-39(3)41-37-35-33-31-29-27-25-23-21-19-17-15-13-11-9-7-5-2;1-4(2)3;/h18-21,39H,4-17,22-38H2,1-3H3;1-3H3;1H/b20-18-,21-19-;;. The third-order valence-corrected chi connectivity index (χ3v) is 8.21. The molecule has 0 amide bonds. The lowest BCUT2D eigenvalue weighted by Crippen LogP contribution is -2.17. The number of hydrogen-bond donors (Lipinski definition) is 0. The van der Waals surface area contributed by atoms with Gasteiger partial charge >= 0.3 is 0 Å². The topological polar surface area (TPSA) is 21.7 Å². The van der Waals surface area contributed by atoms with Crippen molar-refractivity contribution in [2.24, 2.45) is 0 Å². The largest absolute Gasteiger partial charge is 0.379 e. The molecule has 1 unspecified atom stereocenters. The maximum atomic E-state index is 5.95. The molecule has 0 spiro atoms. The van der Waals surface area contributed by atoms with Gasteiger partial charge in [-0.1, -0.05) is 154 Å². The zero-order valence-corrected chi connectivity index (χ0v) is 33.3. The monoisotopic (exact) mass is 672 g/mol. The molecular formula is C42H86ClNO2. The van der Waals surface area contributed by atoms with Gasteiger partial charge in [0.15, 0.2) is 0 Å². The Bertz CT molecular complexity index is 563. The van der Waals surface area contributed by atoms with Crippen LogP contribution in [0.25, 0.3) is 0 Å². The first kappa shape index (κ1) is 50.0. The van der Waals surface area contributed by atoms with E-state index in [0.29, 0.717) is 0 Å². The average Bonchev–Trinajstić information content (AvgIpc) is 3.01.